The van der Waals surface area contributed by atoms with Gasteiger partial charge < -0.3 is 11.1 Å². The van der Waals surface area contributed by atoms with E-state index in [4.69, 9.17) is 17.3 Å². The van der Waals surface area contributed by atoms with Crippen LogP contribution in [0.25, 0.3) is 5.78 Å². The number of hydrogen-bond donors (Lipinski definition) is 2. The van der Waals surface area contributed by atoms with Crippen molar-refractivity contribution in [2.45, 2.75) is 38.3 Å². The second kappa shape index (κ2) is 10.6. The first-order valence-electron chi connectivity index (χ1n) is 11.4. The van der Waals surface area contributed by atoms with E-state index in [1.165, 1.54) is 29.9 Å². The minimum Gasteiger partial charge on any atom is -0.347 e. The van der Waals surface area contributed by atoms with Crippen LogP contribution >= 0.6 is 11.6 Å². The molecule has 0 saturated heterocycles. The van der Waals surface area contributed by atoms with E-state index in [0.717, 1.165) is 5.56 Å². The zero-order valence-corrected chi connectivity index (χ0v) is 22.3. The fraction of sp³-hybridized carbons (Fsp3) is 0.240. The van der Waals surface area contributed by atoms with Gasteiger partial charge in [0.05, 0.1) is 10.6 Å². The number of nitrogens with zero attached hydrogens (tertiary/aromatic N) is 4. The summed E-state index contributed by atoms with van der Waals surface area (Å²) in [6, 6.07) is 8.95. The topological polar surface area (TPSA) is 149 Å². The summed E-state index contributed by atoms with van der Waals surface area (Å²) in [6.45, 7) is 4.95. The van der Waals surface area contributed by atoms with E-state index in [1.807, 2.05) is 0 Å². The fourth-order valence-corrected chi connectivity index (χ4v) is 6.26. The quantitative estimate of drug-likeness (QED) is 0.363. The third-order valence-electron chi connectivity index (χ3n) is 6.00. The molecule has 1 amide bonds. The van der Waals surface area contributed by atoms with Crippen molar-refractivity contribution in [3.05, 3.63) is 87.2 Å². The van der Waals surface area contributed by atoms with E-state index in [2.05, 4.69) is 20.4 Å². The van der Waals surface area contributed by atoms with Crippen LogP contribution in [0, 0.1) is 19.7 Å². The molecule has 3 heterocycles. The van der Waals surface area contributed by atoms with Gasteiger partial charge in [0.2, 0.25) is 0 Å². The van der Waals surface area contributed by atoms with Gasteiger partial charge in [-0.15, -0.1) is 0 Å². The molecule has 2 aromatic heterocycles. The number of ketones is 1. The van der Waals surface area contributed by atoms with Crippen LogP contribution in [-0.4, -0.2) is 45.4 Å². The van der Waals surface area contributed by atoms with Crippen molar-refractivity contribution >= 4 is 38.9 Å². The molecule has 0 saturated carbocycles. The second-order valence-corrected chi connectivity index (χ2v) is 11.2. The number of aromatic nitrogens is 4. The van der Waals surface area contributed by atoms with E-state index in [1.54, 1.807) is 38.1 Å². The van der Waals surface area contributed by atoms with Crippen molar-refractivity contribution in [3.63, 3.8) is 0 Å². The average molecular weight is 559 g/mol. The maximum absolute atomic E-state index is 13.3. The number of hydrogen-bond acceptors (Lipinski definition) is 8. The number of amides is 1. The average Bonchev–Trinajstić information content (AvgIpc) is 3.42. The molecular weight excluding hydrogens is 535 g/mol. The van der Waals surface area contributed by atoms with E-state index < -0.39 is 21.8 Å². The number of carbonyl (C=O) groups is 2. The van der Waals surface area contributed by atoms with Gasteiger partial charge in [-0.05, 0) is 54.3 Å². The molecule has 1 aliphatic rings. The summed E-state index contributed by atoms with van der Waals surface area (Å²) >= 11 is 5.86. The molecule has 13 heteroatoms. The summed E-state index contributed by atoms with van der Waals surface area (Å²) in [5, 5.41) is 7.07. The molecule has 4 aromatic rings. The molecule has 198 valence electrons. The minimum absolute atomic E-state index is 0.0104. The van der Waals surface area contributed by atoms with Crippen molar-refractivity contribution in [3.8, 4) is 0 Å². The van der Waals surface area contributed by atoms with Crippen molar-refractivity contribution in [2.75, 3.05) is 5.75 Å². The van der Waals surface area contributed by atoms with Crippen LogP contribution in [0.15, 0.2) is 47.6 Å². The molecule has 1 atom stereocenters. The highest BCUT2D eigenvalue weighted by molar-refractivity contribution is 7.91. The fourth-order valence-electron chi connectivity index (χ4n) is 4.07. The number of Topliss-reactive ketones (excluding diaryl/α,β-unsaturated/α-hetero) is 1. The van der Waals surface area contributed by atoms with Crippen LogP contribution in [-0.2, 0) is 16.4 Å². The first-order valence-corrected chi connectivity index (χ1v) is 13.4. The molecule has 0 radical (unpaired) electrons. The number of sulfone groups is 1. The maximum Gasteiger partial charge on any atom is 0.270 e. The van der Waals surface area contributed by atoms with Crippen molar-refractivity contribution < 1.29 is 22.4 Å². The lowest BCUT2D eigenvalue weighted by molar-refractivity contribution is 0.0946. The first kappa shape index (κ1) is 27.3. The Bertz CT molecular complexity index is 1690. The molecule has 5 rings (SSSR count). The van der Waals surface area contributed by atoms with E-state index in [9.17, 15) is 22.4 Å². The van der Waals surface area contributed by atoms with Gasteiger partial charge >= 0.3 is 0 Å². The van der Waals surface area contributed by atoms with Gasteiger partial charge in [0.25, 0.3) is 11.7 Å². The van der Waals surface area contributed by atoms with Crippen molar-refractivity contribution in [1.29, 1.82) is 0 Å². The second-order valence-electron chi connectivity index (χ2n) is 8.80. The van der Waals surface area contributed by atoms with Crippen molar-refractivity contribution in [2.24, 2.45) is 5.73 Å². The number of nitrogens with two attached hydrogens (primary N) is 1. The Morgan fingerprint density at radius 3 is 2.63 bits per heavy atom. The van der Waals surface area contributed by atoms with Crippen LogP contribution in [0.5, 0.6) is 0 Å². The molecule has 10 nitrogen and oxygen atoms in total. The Morgan fingerprint density at radius 1 is 1.21 bits per heavy atom. The zero-order chi connectivity index (χ0) is 27.8. The molecule has 2 aromatic carbocycles. The highest BCUT2D eigenvalue weighted by Crippen LogP contribution is 2.37. The predicted octanol–water partition coefficient (Wildman–Crippen LogP) is 3.14. The maximum atomic E-state index is 13.3. The number of carbonyl (C=O) groups excluding carboxylic acids is 2. The Labute approximate surface area is 223 Å². The molecule has 0 bridgehead atoms. The van der Waals surface area contributed by atoms with Gasteiger partial charge in [0, 0.05) is 24.5 Å². The summed E-state index contributed by atoms with van der Waals surface area (Å²) in [6.07, 6.45) is 1.26. The lowest BCUT2D eigenvalue weighted by atomic mass is 10.1. The van der Waals surface area contributed by atoms with Crippen LogP contribution in [0.3, 0.4) is 0 Å². The molecule has 38 heavy (non-hydrogen) atoms. The summed E-state index contributed by atoms with van der Waals surface area (Å²) in [4.78, 5) is 32.3. The molecule has 1 unspecified atom stereocenters. The van der Waals surface area contributed by atoms with Crippen molar-refractivity contribution in [1.82, 2.24) is 24.9 Å². The highest BCUT2D eigenvalue weighted by atomic mass is 35.5. The highest BCUT2D eigenvalue weighted by Gasteiger charge is 2.34. The summed E-state index contributed by atoms with van der Waals surface area (Å²) in [7, 11) is -3.22. The van der Waals surface area contributed by atoms with Gasteiger partial charge in [-0.1, -0.05) is 29.8 Å². The Kier molecular flexibility index (Phi) is 7.58. The summed E-state index contributed by atoms with van der Waals surface area (Å²) < 4.78 is 37.9. The van der Waals surface area contributed by atoms with Crippen LogP contribution in [0.1, 0.15) is 56.2 Å². The predicted molar refractivity (Wildman–Crippen MR) is 138 cm³/mol. The number of benzene rings is 2. The number of halogens is 2. The number of aryl methyl sites for hydroxylation is 1. The van der Waals surface area contributed by atoms with Crippen LogP contribution in [0.2, 0.25) is 5.02 Å². The van der Waals surface area contributed by atoms with E-state index in [0.29, 0.717) is 26.6 Å². The third kappa shape index (κ3) is 5.42. The monoisotopic (exact) mass is 558 g/mol. The standard InChI is InChI=1S/C16H14FN5O2.C9H10ClNO2S/c1-9-5-11(3-4-12(9)17)7-18-15(24)13-6-14(10(2)23)22-16(21-13)19-8-20-22;1-5-7(10)3-2-6-8(11)4-14(12,13)9(5)6/h3-6,8H,7H2,1-2H3,(H,18,24);2-3,8H,4,11H2,1H3. The molecule has 3 N–H and O–H groups in total. The zero-order valence-electron chi connectivity index (χ0n) is 20.7. The Morgan fingerprint density at radius 2 is 1.95 bits per heavy atom. The molecule has 0 fully saturated rings. The summed E-state index contributed by atoms with van der Waals surface area (Å²) in [5.74, 6) is -0.842. The molecular formula is C25H24ClFN6O4S. The SMILES string of the molecule is CC(=O)c1cc(C(=O)NCc2ccc(F)c(C)c2)nc2ncnn12.Cc1c(Cl)ccc2c1S(=O)(=O)CC2N. The Hall–Kier alpha value is -3.74. The van der Waals surface area contributed by atoms with E-state index in [-0.39, 0.29) is 41.1 Å². The largest absolute Gasteiger partial charge is 0.347 e. The smallest absolute Gasteiger partial charge is 0.270 e. The lowest BCUT2D eigenvalue weighted by Gasteiger charge is -2.07. The minimum atomic E-state index is -3.22. The van der Waals surface area contributed by atoms with Crippen LogP contribution < -0.4 is 11.1 Å². The molecule has 0 spiro atoms. The van der Waals surface area contributed by atoms with E-state index >= 15 is 0 Å². The molecule has 0 aliphatic carbocycles. The Balaban J connectivity index is 0.000000204. The first-order chi connectivity index (χ1) is 17.9. The number of fused-ring (bicyclic) bond motifs is 2. The van der Waals surface area contributed by atoms with Gasteiger partial charge in [0.1, 0.15) is 23.5 Å². The van der Waals surface area contributed by atoms with Crippen LogP contribution in [0.4, 0.5) is 4.39 Å². The summed E-state index contributed by atoms with van der Waals surface area (Å²) in [5.41, 5.74) is 8.57. The lowest BCUT2D eigenvalue weighted by Crippen LogP contribution is -2.25. The normalized spacial score (nSPS) is 15.5. The van der Waals surface area contributed by atoms with Gasteiger partial charge in [0.15, 0.2) is 15.6 Å². The number of rotatable bonds is 4. The van der Waals surface area contributed by atoms with Gasteiger partial charge in [-0.25, -0.2) is 17.8 Å². The third-order valence-corrected chi connectivity index (χ3v) is 8.37. The van der Waals surface area contributed by atoms with Gasteiger partial charge in [-0.2, -0.15) is 14.6 Å². The molecule has 1 aliphatic heterocycles. The number of nitrogens with one attached hydrogen (secondary N) is 1. The van der Waals surface area contributed by atoms with Gasteiger partial charge in [-0.3, -0.25) is 9.59 Å².